The molecule has 2 N–H and O–H groups in total. The Morgan fingerprint density at radius 3 is 2.25 bits per heavy atom. The van der Waals surface area contributed by atoms with Crippen molar-refractivity contribution < 1.29 is 21.6 Å². The van der Waals surface area contributed by atoms with Crippen LogP contribution in [0.4, 0.5) is 18.9 Å². The van der Waals surface area contributed by atoms with E-state index in [0.29, 0.717) is 12.6 Å². The summed E-state index contributed by atoms with van der Waals surface area (Å²) in [7, 11) is -3.54. The van der Waals surface area contributed by atoms with E-state index in [4.69, 9.17) is 0 Å². The summed E-state index contributed by atoms with van der Waals surface area (Å²) < 4.78 is 62.8. The second kappa shape index (κ2) is 5.61. The third kappa shape index (κ3) is 4.68. The van der Waals surface area contributed by atoms with Crippen LogP contribution < -0.4 is 10.0 Å². The molecule has 0 bridgehead atoms. The predicted octanol–water partition coefficient (Wildman–Crippen LogP) is 2.20. The summed E-state index contributed by atoms with van der Waals surface area (Å²) in [5, 5.41) is 3.06. The van der Waals surface area contributed by atoms with Crippen LogP contribution >= 0.6 is 0 Å². The molecule has 1 aromatic carbocycles. The third-order valence-corrected chi connectivity index (χ3v) is 4.16. The first-order valence-corrected chi connectivity index (χ1v) is 7.83. The Balaban J connectivity index is 1.90. The summed E-state index contributed by atoms with van der Waals surface area (Å²) in [5.41, 5.74) is -0.680. The van der Waals surface area contributed by atoms with Crippen molar-refractivity contribution in [3.8, 4) is 0 Å². The van der Waals surface area contributed by atoms with E-state index in [1.807, 2.05) is 0 Å². The van der Waals surface area contributed by atoms with Gasteiger partial charge >= 0.3 is 6.18 Å². The number of benzene rings is 1. The molecular weight excluding hydrogens is 293 g/mol. The summed E-state index contributed by atoms with van der Waals surface area (Å²) in [6.07, 6.45) is -2.30. The van der Waals surface area contributed by atoms with E-state index in [2.05, 4.69) is 10.0 Å². The maximum atomic E-state index is 12.4. The molecular formula is C12H15F3N2O2S. The van der Waals surface area contributed by atoms with Gasteiger partial charge in [0.15, 0.2) is 0 Å². The lowest BCUT2D eigenvalue weighted by molar-refractivity contribution is -0.137. The minimum absolute atomic E-state index is 0.107. The highest BCUT2D eigenvalue weighted by atomic mass is 32.2. The largest absolute Gasteiger partial charge is 0.416 e. The molecule has 112 valence electrons. The van der Waals surface area contributed by atoms with Gasteiger partial charge in [0.1, 0.15) is 0 Å². The Labute approximate surface area is 115 Å². The van der Waals surface area contributed by atoms with Crippen molar-refractivity contribution in [3.05, 3.63) is 29.8 Å². The zero-order chi connectivity index (χ0) is 14.8. The van der Waals surface area contributed by atoms with Gasteiger partial charge in [-0.25, -0.2) is 8.42 Å². The fraction of sp³-hybridized carbons (Fsp3) is 0.500. The molecule has 1 aromatic rings. The van der Waals surface area contributed by atoms with E-state index >= 15 is 0 Å². The molecule has 1 aliphatic carbocycles. The molecule has 20 heavy (non-hydrogen) atoms. The normalized spacial score (nSPS) is 16.1. The molecule has 0 radical (unpaired) electrons. The van der Waals surface area contributed by atoms with Gasteiger partial charge in [-0.3, -0.25) is 4.72 Å². The lowest BCUT2D eigenvalue weighted by Crippen LogP contribution is -2.28. The Morgan fingerprint density at radius 1 is 1.15 bits per heavy atom. The van der Waals surface area contributed by atoms with Crippen molar-refractivity contribution in [2.45, 2.75) is 25.1 Å². The SMILES string of the molecule is O=S(=O)(CCNC1CC1)Nc1ccc(C(F)(F)F)cc1. The van der Waals surface area contributed by atoms with Crippen LogP contribution in [0.2, 0.25) is 0 Å². The molecule has 0 unspecified atom stereocenters. The van der Waals surface area contributed by atoms with Crippen molar-refractivity contribution in [1.29, 1.82) is 0 Å². The summed E-state index contributed by atoms with van der Waals surface area (Å²) in [6.45, 7) is 0.334. The number of hydrogen-bond acceptors (Lipinski definition) is 3. The monoisotopic (exact) mass is 308 g/mol. The van der Waals surface area contributed by atoms with Gasteiger partial charge in [-0.1, -0.05) is 0 Å². The first-order chi connectivity index (χ1) is 9.26. The van der Waals surface area contributed by atoms with Gasteiger partial charge in [0, 0.05) is 18.3 Å². The molecule has 1 aliphatic rings. The second-order valence-electron chi connectivity index (χ2n) is 4.72. The van der Waals surface area contributed by atoms with Crippen LogP contribution in [-0.4, -0.2) is 26.8 Å². The summed E-state index contributed by atoms with van der Waals surface area (Å²) in [6, 6.07) is 4.32. The molecule has 0 aromatic heterocycles. The maximum absolute atomic E-state index is 12.4. The summed E-state index contributed by atoms with van der Waals surface area (Å²) in [5.74, 6) is -0.107. The van der Waals surface area contributed by atoms with Crippen LogP contribution in [-0.2, 0) is 16.2 Å². The van der Waals surface area contributed by atoms with Crippen LogP contribution in [0.1, 0.15) is 18.4 Å². The number of anilines is 1. The molecule has 0 atom stereocenters. The molecule has 2 rings (SSSR count). The number of halogens is 3. The minimum Gasteiger partial charge on any atom is -0.313 e. The van der Waals surface area contributed by atoms with E-state index in [1.54, 1.807) is 0 Å². The van der Waals surface area contributed by atoms with E-state index in [1.165, 1.54) is 0 Å². The topological polar surface area (TPSA) is 58.2 Å². The van der Waals surface area contributed by atoms with Gasteiger partial charge in [0.2, 0.25) is 10.0 Å². The fourth-order valence-electron chi connectivity index (χ4n) is 1.64. The zero-order valence-corrected chi connectivity index (χ0v) is 11.4. The zero-order valence-electron chi connectivity index (χ0n) is 10.6. The molecule has 4 nitrogen and oxygen atoms in total. The minimum atomic E-state index is -4.43. The highest BCUT2D eigenvalue weighted by Crippen LogP contribution is 2.29. The lowest BCUT2D eigenvalue weighted by atomic mass is 10.2. The van der Waals surface area contributed by atoms with Crippen LogP contribution in [0, 0.1) is 0 Å². The molecule has 1 fully saturated rings. The quantitative estimate of drug-likeness (QED) is 0.847. The molecule has 1 saturated carbocycles. The highest BCUT2D eigenvalue weighted by Gasteiger charge is 2.30. The average Bonchev–Trinajstić information content (AvgIpc) is 3.11. The second-order valence-corrected chi connectivity index (χ2v) is 6.57. The van der Waals surface area contributed by atoms with Crippen LogP contribution in [0.25, 0.3) is 0 Å². The Morgan fingerprint density at radius 2 is 1.75 bits per heavy atom. The van der Waals surface area contributed by atoms with E-state index < -0.39 is 21.8 Å². The van der Waals surface area contributed by atoms with Crippen molar-refractivity contribution in [3.63, 3.8) is 0 Å². The first kappa shape index (κ1) is 15.1. The Kier molecular flexibility index (Phi) is 4.24. The standard InChI is InChI=1S/C12H15F3N2O2S/c13-12(14,15)9-1-3-11(4-2-9)17-20(18,19)8-7-16-10-5-6-10/h1-4,10,16-17H,5-8H2. The van der Waals surface area contributed by atoms with E-state index in [9.17, 15) is 21.6 Å². The Bertz CT molecular complexity index is 551. The van der Waals surface area contributed by atoms with Gasteiger partial charge in [0.25, 0.3) is 0 Å². The van der Waals surface area contributed by atoms with Crippen molar-refractivity contribution in [1.82, 2.24) is 5.32 Å². The van der Waals surface area contributed by atoms with Crippen LogP contribution in [0.15, 0.2) is 24.3 Å². The molecule has 8 heteroatoms. The molecule has 0 heterocycles. The number of alkyl halides is 3. The molecule has 0 saturated heterocycles. The number of rotatable bonds is 6. The first-order valence-electron chi connectivity index (χ1n) is 6.17. The van der Waals surface area contributed by atoms with Gasteiger partial charge in [-0.2, -0.15) is 13.2 Å². The molecule has 0 spiro atoms. The summed E-state index contributed by atoms with van der Waals surface area (Å²) >= 11 is 0. The smallest absolute Gasteiger partial charge is 0.313 e. The summed E-state index contributed by atoms with van der Waals surface area (Å²) in [4.78, 5) is 0. The third-order valence-electron chi connectivity index (χ3n) is 2.87. The lowest BCUT2D eigenvalue weighted by Gasteiger charge is -2.10. The van der Waals surface area contributed by atoms with Crippen molar-refractivity contribution >= 4 is 15.7 Å². The van der Waals surface area contributed by atoms with Gasteiger partial charge in [0.05, 0.1) is 11.3 Å². The number of hydrogen-bond donors (Lipinski definition) is 2. The number of sulfonamides is 1. The van der Waals surface area contributed by atoms with Gasteiger partial charge in [-0.15, -0.1) is 0 Å². The fourth-order valence-corrected chi connectivity index (χ4v) is 2.63. The van der Waals surface area contributed by atoms with E-state index in [0.717, 1.165) is 37.1 Å². The number of nitrogens with one attached hydrogen (secondary N) is 2. The molecule has 0 aliphatic heterocycles. The predicted molar refractivity (Wildman–Crippen MR) is 69.9 cm³/mol. The van der Waals surface area contributed by atoms with E-state index in [-0.39, 0.29) is 11.4 Å². The maximum Gasteiger partial charge on any atom is 0.416 e. The average molecular weight is 308 g/mol. The van der Waals surface area contributed by atoms with Crippen LogP contribution in [0.5, 0.6) is 0 Å². The molecule has 0 amide bonds. The van der Waals surface area contributed by atoms with Crippen LogP contribution in [0.3, 0.4) is 0 Å². The van der Waals surface area contributed by atoms with Gasteiger partial charge < -0.3 is 5.32 Å². The van der Waals surface area contributed by atoms with Gasteiger partial charge in [-0.05, 0) is 37.1 Å². The van der Waals surface area contributed by atoms with Crippen molar-refractivity contribution in [2.24, 2.45) is 0 Å². The Hall–Kier alpha value is -1.28. The van der Waals surface area contributed by atoms with Crippen molar-refractivity contribution in [2.75, 3.05) is 17.0 Å². The highest BCUT2D eigenvalue weighted by molar-refractivity contribution is 7.92.